The Morgan fingerprint density at radius 1 is 0.364 bits per heavy atom. The van der Waals surface area contributed by atoms with Crippen LogP contribution in [0.15, 0.2) is 97.1 Å². The summed E-state index contributed by atoms with van der Waals surface area (Å²) >= 11 is 0. The van der Waals surface area contributed by atoms with Gasteiger partial charge in [0.05, 0.1) is 0 Å². The van der Waals surface area contributed by atoms with Crippen molar-refractivity contribution in [2.75, 3.05) is 0 Å². The van der Waals surface area contributed by atoms with Crippen LogP contribution in [0.1, 0.15) is 131 Å². The molecule has 0 atom stereocenters. The zero-order valence-corrected chi connectivity index (χ0v) is 29.7. The third-order valence-electron chi connectivity index (χ3n) is 11.1. The van der Waals surface area contributed by atoms with Crippen LogP contribution in [0.5, 0.6) is 0 Å². The zero-order chi connectivity index (χ0) is 32.4. The molecule has 0 unspecified atom stereocenters. The summed E-state index contributed by atoms with van der Waals surface area (Å²) in [5, 5.41) is 0. The molecule has 0 amide bonds. The average Bonchev–Trinajstić information content (AvgIpc) is 3.04. The Balaban J connectivity index is 0.000000512. The largest absolute Gasteiger partial charge is 0.0649 e. The molecule has 0 radical (unpaired) electrons. The van der Waals surface area contributed by atoms with E-state index in [0.29, 0.717) is 5.41 Å². The number of benzene rings is 4. The summed E-state index contributed by atoms with van der Waals surface area (Å²) < 4.78 is 0. The van der Waals surface area contributed by atoms with Gasteiger partial charge >= 0.3 is 0 Å². The van der Waals surface area contributed by atoms with Crippen LogP contribution in [0.3, 0.4) is 0 Å². The van der Waals surface area contributed by atoms with Crippen molar-refractivity contribution in [3.63, 3.8) is 0 Å². The Morgan fingerprint density at radius 2 is 0.568 bits per heavy atom. The topological polar surface area (TPSA) is 0 Å². The molecule has 0 N–H and O–H groups in total. The predicted octanol–water partition coefficient (Wildman–Crippen LogP) is 13.0. The minimum atomic E-state index is -0.0249. The molecule has 0 heteroatoms. The summed E-state index contributed by atoms with van der Waals surface area (Å²) in [5.41, 5.74) is 11.5. The number of hydrogen-bond donors (Lipinski definition) is 0. The van der Waals surface area contributed by atoms with E-state index >= 15 is 0 Å². The van der Waals surface area contributed by atoms with Gasteiger partial charge in [-0.25, -0.2) is 0 Å². The van der Waals surface area contributed by atoms with Gasteiger partial charge in [0.2, 0.25) is 0 Å². The highest BCUT2D eigenvalue weighted by Gasteiger charge is 2.33. The standard InChI is InChI=1S/C35H40.C9H20/c1-26-8-16-30(17-9-26)34(5,31-18-10-27(2)11-19-31)24-7-25-35(6,32-20-12-28(3)13-21-32)33-22-14-29(4)15-23-33;1-5-9(6-2,7-3)8-4/h8-23H,7,24-25H2,1-6H3;5-8H2,1-4H3. The van der Waals surface area contributed by atoms with Gasteiger partial charge in [0.25, 0.3) is 0 Å². The molecule has 236 valence electrons. The zero-order valence-electron chi connectivity index (χ0n) is 29.7. The highest BCUT2D eigenvalue weighted by Crippen LogP contribution is 2.42. The van der Waals surface area contributed by atoms with Crippen LogP contribution >= 0.6 is 0 Å². The molecule has 0 spiro atoms. The van der Waals surface area contributed by atoms with Gasteiger partial charge in [-0.2, -0.15) is 0 Å². The summed E-state index contributed by atoms with van der Waals surface area (Å²) in [5.74, 6) is 0. The second-order valence-corrected chi connectivity index (χ2v) is 13.9. The highest BCUT2D eigenvalue weighted by atomic mass is 14.4. The third-order valence-corrected chi connectivity index (χ3v) is 11.1. The van der Waals surface area contributed by atoms with E-state index in [9.17, 15) is 0 Å². The van der Waals surface area contributed by atoms with Crippen molar-refractivity contribution in [3.05, 3.63) is 142 Å². The molecular formula is C44H60. The lowest BCUT2D eigenvalue weighted by atomic mass is 9.68. The Labute approximate surface area is 271 Å². The molecule has 4 aromatic rings. The maximum Gasteiger partial charge on any atom is 0.0174 e. The molecule has 0 saturated carbocycles. The molecule has 0 aliphatic heterocycles. The summed E-state index contributed by atoms with van der Waals surface area (Å²) in [7, 11) is 0. The quantitative estimate of drug-likeness (QED) is 0.154. The maximum atomic E-state index is 2.43. The maximum absolute atomic E-state index is 2.43. The second-order valence-electron chi connectivity index (χ2n) is 13.9. The van der Waals surface area contributed by atoms with Crippen molar-refractivity contribution >= 4 is 0 Å². The minimum Gasteiger partial charge on any atom is -0.0649 e. The Kier molecular flexibility index (Phi) is 12.7. The third kappa shape index (κ3) is 8.53. The first-order chi connectivity index (χ1) is 20.9. The highest BCUT2D eigenvalue weighted by molar-refractivity contribution is 5.42. The van der Waals surface area contributed by atoms with Crippen molar-refractivity contribution in [1.82, 2.24) is 0 Å². The van der Waals surface area contributed by atoms with Gasteiger partial charge in [-0.1, -0.05) is 193 Å². The fraction of sp³-hybridized carbons (Fsp3) is 0.455. The lowest BCUT2D eigenvalue weighted by molar-refractivity contribution is 0.240. The molecule has 44 heavy (non-hydrogen) atoms. The first kappa shape index (κ1) is 35.4. The van der Waals surface area contributed by atoms with Crippen molar-refractivity contribution < 1.29 is 0 Å². The average molecular weight is 589 g/mol. The molecule has 0 nitrogen and oxygen atoms in total. The monoisotopic (exact) mass is 588 g/mol. The van der Waals surface area contributed by atoms with Crippen LogP contribution in [0.2, 0.25) is 0 Å². The molecule has 4 rings (SSSR count). The van der Waals surface area contributed by atoms with Crippen LogP contribution in [-0.2, 0) is 10.8 Å². The van der Waals surface area contributed by atoms with E-state index in [2.05, 4.69) is 166 Å². The fourth-order valence-corrected chi connectivity index (χ4v) is 6.89. The van der Waals surface area contributed by atoms with Crippen LogP contribution in [0.4, 0.5) is 0 Å². The van der Waals surface area contributed by atoms with Gasteiger partial charge < -0.3 is 0 Å². The van der Waals surface area contributed by atoms with Gasteiger partial charge in [-0.05, 0) is 68.2 Å². The van der Waals surface area contributed by atoms with E-state index in [0.717, 1.165) is 19.3 Å². The lowest BCUT2D eigenvalue weighted by Crippen LogP contribution is -2.27. The molecule has 0 aliphatic rings. The van der Waals surface area contributed by atoms with Gasteiger partial charge in [0.15, 0.2) is 0 Å². The van der Waals surface area contributed by atoms with E-state index in [1.165, 1.54) is 70.2 Å². The van der Waals surface area contributed by atoms with Gasteiger partial charge in [-0.15, -0.1) is 0 Å². The van der Waals surface area contributed by atoms with Crippen LogP contribution in [-0.4, -0.2) is 0 Å². The van der Waals surface area contributed by atoms with Crippen molar-refractivity contribution in [1.29, 1.82) is 0 Å². The lowest BCUT2D eigenvalue weighted by Gasteiger charge is -2.35. The Bertz CT molecular complexity index is 1170. The van der Waals surface area contributed by atoms with Gasteiger partial charge in [0, 0.05) is 10.8 Å². The Hall–Kier alpha value is -3.12. The first-order valence-corrected chi connectivity index (χ1v) is 17.2. The molecule has 0 aliphatic carbocycles. The second kappa shape index (κ2) is 15.7. The molecule has 0 heterocycles. The van der Waals surface area contributed by atoms with Crippen LogP contribution in [0.25, 0.3) is 0 Å². The summed E-state index contributed by atoms with van der Waals surface area (Å²) in [4.78, 5) is 0. The van der Waals surface area contributed by atoms with Crippen LogP contribution < -0.4 is 0 Å². The van der Waals surface area contributed by atoms with E-state index < -0.39 is 0 Å². The minimum absolute atomic E-state index is 0.0249. The number of rotatable bonds is 12. The fourth-order valence-electron chi connectivity index (χ4n) is 6.89. The van der Waals surface area contributed by atoms with E-state index in [4.69, 9.17) is 0 Å². The van der Waals surface area contributed by atoms with E-state index in [1.807, 2.05) is 0 Å². The summed E-state index contributed by atoms with van der Waals surface area (Å²) in [6, 6.07) is 36.7. The van der Waals surface area contributed by atoms with Crippen molar-refractivity contribution in [2.24, 2.45) is 5.41 Å². The van der Waals surface area contributed by atoms with Crippen LogP contribution in [0, 0.1) is 33.1 Å². The normalized spacial score (nSPS) is 12.0. The summed E-state index contributed by atoms with van der Waals surface area (Å²) in [6.45, 7) is 22.7. The molecular weight excluding hydrogens is 528 g/mol. The molecule has 4 aromatic carbocycles. The molecule has 0 fully saturated rings. The van der Waals surface area contributed by atoms with Crippen molar-refractivity contribution in [2.45, 2.75) is 125 Å². The summed E-state index contributed by atoms with van der Waals surface area (Å²) in [6.07, 6.45) is 8.72. The number of hydrogen-bond acceptors (Lipinski definition) is 0. The number of aryl methyl sites for hydroxylation is 4. The van der Waals surface area contributed by atoms with Crippen molar-refractivity contribution in [3.8, 4) is 0 Å². The smallest absolute Gasteiger partial charge is 0.0174 e. The molecule has 0 bridgehead atoms. The van der Waals surface area contributed by atoms with E-state index in [1.54, 1.807) is 0 Å². The SMILES string of the molecule is CCC(CC)(CC)CC.Cc1ccc(C(C)(CCCC(C)(c2ccc(C)cc2)c2ccc(C)cc2)c2ccc(C)cc2)cc1. The van der Waals surface area contributed by atoms with E-state index in [-0.39, 0.29) is 10.8 Å². The predicted molar refractivity (Wildman–Crippen MR) is 195 cm³/mol. The molecule has 0 saturated heterocycles. The van der Waals surface area contributed by atoms with Gasteiger partial charge in [-0.3, -0.25) is 0 Å². The first-order valence-electron chi connectivity index (χ1n) is 17.2. The Morgan fingerprint density at radius 3 is 0.727 bits per heavy atom. The molecule has 0 aromatic heterocycles. The van der Waals surface area contributed by atoms with Gasteiger partial charge in [0.1, 0.15) is 0 Å².